The molecule has 12 rings (SSSR count). The summed E-state index contributed by atoms with van der Waals surface area (Å²) in [6, 6.07) is 0. The van der Waals surface area contributed by atoms with Crippen molar-refractivity contribution in [2.75, 3.05) is 0 Å². The molecule has 0 aromatic rings. The second-order valence-corrected chi connectivity index (χ2v) is 34.2. The monoisotopic (exact) mass is 1100 g/mol. The lowest BCUT2D eigenvalue weighted by Gasteiger charge is -2.45. The van der Waals surface area contributed by atoms with Crippen molar-refractivity contribution >= 4 is 0 Å². The summed E-state index contributed by atoms with van der Waals surface area (Å²) < 4.78 is 0. The zero-order valence-electron chi connectivity index (χ0n) is 56.7. The van der Waals surface area contributed by atoms with Gasteiger partial charge in [0, 0.05) is 0 Å². The molecule has 0 aromatic heterocycles. The van der Waals surface area contributed by atoms with E-state index in [2.05, 4.69) is 101 Å². The molecule has 0 radical (unpaired) electrons. The summed E-state index contributed by atoms with van der Waals surface area (Å²) in [6.45, 7) is 28.6. The van der Waals surface area contributed by atoms with Crippen LogP contribution in [-0.4, -0.2) is 0 Å². The number of hydrogen-bond donors (Lipinski definition) is 0. The molecule has 0 bridgehead atoms. The fourth-order valence-corrected chi connectivity index (χ4v) is 20.5. The highest BCUT2D eigenvalue weighted by atomic mass is 14.5. The van der Waals surface area contributed by atoms with Gasteiger partial charge >= 0.3 is 0 Å². The van der Waals surface area contributed by atoms with Gasteiger partial charge in [-0.2, -0.15) is 0 Å². The number of allylic oxidation sites excluding steroid dienone is 6. The molecular formula is C80H142. The van der Waals surface area contributed by atoms with Crippen molar-refractivity contribution < 1.29 is 0 Å². The molecule has 0 aliphatic heterocycles. The third-order valence-electron chi connectivity index (χ3n) is 26.3. The van der Waals surface area contributed by atoms with Crippen molar-refractivity contribution in [2.24, 2.45) is 85.8 Å². The van der Waals surface area contributed by atoms with Crippen LogP contribution in [-0.2, 0) is 0 Å². The van der Waals surface area contributed by atoms with Gasteiger partial charge in [0.15, 0.2) is 0 Å². The Bertz CT molecular complexity index is 1810. The molecule has 0 heterocycles. The molecule has 12 aliphatic rings. The van der Waals surface area contributed by atoms with Crippen molar-refractivity contribution in [3.63, 3.8) is 0 Å². The van der Waals surface area contributed by atoms with Crippen molar-refractivity contribution in [1.82, 2.24) is 0 Å². The SMILES string of the molecule is CC(C)C1=CC2(CCCC2)CCC1.CC(C)C1=CCC2(CCCCC2)C1.CC(C)C1=CCCC2(CCCC2)C1.CC(C)C1CCC2(CCCCCC2)C1.CC(C)C1CCCC2(CCCC2)C1.CC(C)C1CCCC2(CCCCC2)C1. The predicted octanol–water partition coefficient (Wildman–Crippen LogP) is 26.9. The molecule has 0 amide bonds. The van der Waals surface area contributed by atoms with E-state index in [4.69, 9.17) is 0 Å². The first-order chi connectivity index (χ1) is 38.3. The van der Waals surface area contributed by atoms with E-state index in [1.807, 2.05) is 0 Å². The molecule has 0 N–H and O–H groups in total. The lowest BCUT2D eigenvalue weighted by molar-refractivity contribution is 0.0700. The summed E-state index contributed by atoms with van der Waals surface area (Å²) in [5.74, 6) is 8.29. The van der Waals surface area contributed by atoms with Crippen LogP contribution in [0.4, 0.5) is 0 Å². The van der Waals surface area contributed by atoms with Gasteiger partial charge in [0.25, 0.3) is 0 Å². The summed E-state index contributed by atoms with van der Waals surface area (Å²) in [6.07, 6.45) is 78.3. The maximum absolute atomic E-state index is 2.66. The van der Waals surface area contributed by atoms with Gasteiger partial charge in [-0.3, -0.25) is 0 Å². The molecule has 12 aliphatic carbocycles. The van der Waals surface area contributed by atoms with Crippen LogP contribution < -0.4 is 0 Å². The van der Waals surface area contributed by atoms with Crippen LogP contribution in [0.5, 0.6) is 0 Å². The van der Waals surface area contributed by atoms with E-state index in [9.17, 15) is 0 Å². The van der Waals surface area contributed by atoms with Gasteiger partial charge in [-0.1, -0.05) is 246 Å². The largest absolute Gasteiger partial charge is 0.0850 e. The Kier molecular flexibility index (Phi) is 26.5. The van der Waals surface area contributed by atoms with Crippen LogP contribution in [0.15, 0.2) is 34.9 Å². The lowest BCUT2D eigenvalue weighted by Crippen LogP contribution is -2.32. The Labute approximate surface area is 502 Å². The Balaban J connectivity index is 0.000000139. The quantitative estimate of drug-likeness (QED) is 0.233. The molecule has 462 valence electrons. The summed E-state index contributed by atoms with van der Waals surface area (Å²) in [5, 5.41) is 0. The molecule has 6 spiro atoms. The minimum atomic E-state index is 0.665. The van der Waals surface area contributed by atoms with E-state index in [0.717, 1.165) is 80.3 Å². The van der Waals surface area contributed by atoms with Gasteiger partial charge < -0.3 is 0 Å². The van der Waals surface area contributed by atoms with E-state index in [-0.39, 0.29) is 0 Å². The zero-order chi connectivity index (χ0) is 57.3. The number of rotatable bonds is 6. The minimum absolute atomic E-state index is 0.665. The highest BCUT2D eigenvalue weighted by molar-refractivity contribution is 5.18. The van der Waals surface area contributed by atoms with Gasteiger partial charge in [0.2, 0.25) is 0 Å². The Morgan fingerprint density at radius 3 is 1.06 bits per heavy atom. The second kappa shape index (κ2) is 31.7. The highest BCUT2D eigenvalue weighted by Crippen LogP contribution is 2.56. The first-order valence-corrected chi connectivity index (χ1v) is 37.4. The maximum atomic E-state index is 2.66. The maximum Gasteiger partial charge on any atom is -0.0115 e. The van der Waals surface area contributed by atoms with Gasteiger partial charge in [-0.25, -0.2) is 0 Å². The third-order valence-corrected chi connectivity index (χ3v) is 26.3. The van der Waals surface area contributed by atoms with Crippen LogP contribution in [0, 0.1) is 85.8 Å². The van der Waals surface area contributed by atoms with Crippen molar-refractivity contribution in [3.05, 3.63) is 34.9 Å². The van der Waals surface area contributed by atoms with Crippen molar-refractivity contribution in [2.45, 2.75) is 385 Å². The Morgan fingerprint density at radius 1 is 0.300 bits per heavy atom. The Hall–Kier alpha value is -0.780. The van der Waals surface area contributed by atoms with Crippen LogP contribution >= 0.6 is 0 Å². The Morgan fingerprint density at radius 2 is 0.637 bits per heavy atom. The molecule has 3 unspecified atom stereocenters. The van der Waals surface area contributed by atoms with Crippen molar-refractivity contribution in [1.29, 1.82) is 0 Å². The van der Waals surface area contributed by atoms with Gasteiger partial charge in [0.05, 0.1) is 0 Å². The molecule has 0 nitrogen and oxygen atoms in total. The lowest BCUT2D eigenvalue weighted by atomic mass is 9.61. The smallest absolute Gasteiger partial charge is 0.0115 e. The normalized spacial score (nSPS) is 29.8. The van der Waals surface area contributed by atoms with E-state index in [1.165, 1.54) is 225 Å². The fraction of sp³-hybridized carbons (Fsp3) is 0.925. The summed E-state index contributed by atoms with van der Waals surface area (Å²) in [4.78, 5) is 0. The zero-order valence-corrected chi connectivity index (χ0v) is 56.7. The van der Waals surface area contributed by atoms with Crippen molar-refractivity contribution in [3.8, 4) is 0 Å². The number of hydrogen-bond acceptors (Lipinski definition) is 0. The average molecular weight is 1100 g/mol. The first kappa shape index (κ1) is 66.7. The third kappa shape index (κ3) is 19.6. The molecule has 0 aromatic carbocycles. The molecule has 80 heavy (non-hydrogen) atoms. The molecule has 3 atom stereocenters. The molecule has 9 saturated carbocycles. The summed E-state index contributed by atoms with van der Waals surface area (Å²) in [5.41, 5.74) is 9.83. The summed E-state index contributed by atoms with van der Waals surface area (Å²) >= 11 is 0. The molecular weight excluding hydrogens is 961 g/mol. The fourth-order valence-electron chi connectivity index (χ4n) is 20.5. The standard InChI is InChI=1S/2C14H26.C13H24.3C13H22/c1-12(2)13-7-6-10-14(11-13)8-4-3-5-9-14;1-12(2)13-7-10-14(11-13)8-5-3-4-6-9-14;3*1-11(2)12-6-5-9-13(10-12)7-3-4-8-13;1-11(2)12-6-9-13(10-12)7-4-3-5-8-13/h2*12-13H,3-11H2,1-2H3;11-12H,3-10H2,1-2H3;10-11H,3-9H2,1-2H3;2*6,11H,3-5,7-10H2,1-2H3. The van der Waals surface area contributed by atoms with Crippen LogP contribution in [0.25, 0.3) is 0 Å². The predicted molar refractivity (Wildman–Crippen MR) is 355 cm³/mol. The van der Waals surface area contributed by atoms with E-state index in [0.29, 0.717) is 5.41 Å². The average Bonchev–Trinajstić information content (AvgIpc) is 4.33. The highest BCUT2D eigenvalue weighted by Gasteiger charge is 2.42. The minimum Gasteiger partial charge on any atom is -0.0850 e. The molecule has 0 heteroatoms. The van der Waals surface area contributed by atoms with Gasteiger partial charge in [-0.05, 0) is 259 Å². The molecule has 9 fully saturated rings. The van der Waals surface area contributed by atoms with Crippen LogP contribution in [0.1, 0.15) is 385 Å². The second-order valence-electron chi connectivity index (χ2n) is 34.2. The first-order valence-electron chi connectivity index (χ1n) is 37.4. The summed E-state index contributed by atoms with van der Waals surface area (Å²) in [7, 11) is 0. The molecule has 0 saturated heterocycles. The van der Waals surface area contributed by atoms with Gasteiger partial charge in [-0.15, -0.1) is 0 Å². The van der Waals surface area contributed by atoms with E-state index in [1.54, 1.807) is 93.8 Å². The van der Waals surface area contributed by atoms with Crippen LogP contribution in [0.3, 0.4) is 0 Å². The van der Waals surface area contributed by atoms with E-state index < -0.39 is 0 Å². The topological polar surface area (TPSA) is 0 Å². The van der Waals surface area contributed by atoms with E-state index >= 15 is 0 Å². The van der Waals surface area contributed by atoms with Crippen LogP contribution in [0.2, 0.25) is 0 Å². The van der Waals surface area contributed by atoms with Gasteiger partial charge in [0.1, 0.15) is 0 Å².